The van der Waals surface area contributed by atoms with E-state index < -0.39 is 0 Å². The second kappa shape index (κ2) is 7.09. The molecule has 0 aromatic heterocycles. The van der Waals surface area contributed by atoms with E-state index in [-0.39, 0.29) is 18.3 Å². The fraction of sp³-hybridized carbons (Fsp3) is 0.571. The molecule has 0 saturated carbocycles. The highest BCUT2D eigenvalue weighted by Gasteiger charge is 2.11. The largest absolute Gasteiger partial charge is 0.278 e. The van der Waals surface area contributed by atoms with Gasteiger partial charge in [-0.05, 0) is 6.42 Å². The van der Waals surface area contributed by atoms with E-state index in [0.717, 1.165) is 0 Å². The van der Waals surface area contributed by atoms with Crippen LogP contribution in [0.3, 0.4) is 0 Å². The van der Waals surface area contributed by atoms with Gasteiger partial charge in [-0.15, -0.1) is 12.4 Å². The van der Waals surface area contributed by atoms with Gasteiger partial charge in [0, 0.05) is 19.7 Å². The van der Waals surface area contributed by atoms with Crippen LogP contribution >= 0.6 is 12.4 Å². The monoisotopic (exact) mass is 193 g/mol. The lowest BCUT2D eigenvalue weighted by molar-refractivity contribution is -0.133. The summed E-state index contributed by atoms with van der Waals surface area (Å²) in [5, 5.41) is 1.28. The van der Waals surface area contributed by atoms with E-state index in [2.05, 4.69) is 17.4 Å². The Hall–Kier alpha value is -0.580. The predicted octanol–water partition coefficient (Wildman–Crippen LogP) is 0.472. The Kier molecular flexibility index (Phi) is 8.26. The van der Waals surface area contributed by atoms with Gasteiger partial charge in [0.2, 0.25) is 0 Å². The molecular formula is C7H16ClN3O. The van der Waals surface area contributed by atoms with Gasteiger partial charge in [-0.25, -0.2) is 16.0 Å². The molecule has 0 atom stereocenters. The van der Waals surface area contributed by atoms with E-state index in [1.807, 2.05) is 6.92 Å². The van der Waals surface area contributed by atoms with Crippen molar-refractivity contribution in [2.24, 2.45) is 0 Å². The number of halogens is 1. The van der Waals surface area contributed by atoms with Crippen molar-refractivity contribution < 1.29 is 4.79 Å². The van der Waals surface area contributed by atoms with Crippen LogP contribution in [0.1, 0.15) is 13.3 Å². The molecule has 0 aliphatic carbocycles. The molecule has 0 heterocycles. The predicted molar refractivity (Wildman–Crippen MR) is 51.6 cm³/mol. The fourth-order valence-electron chi connectivity index (χ4n) is 0.624. The number of rotatable bonds is 4. The lowest BCUT2D eigenvalue weighted by Crippen LogP contribution is -2.48. The van der Waals surface area contributed by atoms with Gasteiger partial charge in [0.15, 0.2) is 0 Å². The molecule has 0 saturated heterocycles. The Morgan fingerprint density at radius 3 is 2.08 bits per heavy atom. The molecule has 0 aromatic carbocycles. The minimum absolute atomic E-state index is 0. The lowest BCUT2D eigenvalue weighted by Gasteiger charge is -2.19. The zero-order valence-electron chi connectivity index (χ0n) is 7.68. The normalized spacial score (nSPS) is 8.58. The maximum absolute atomic E-state index is 11.2. The maximum Gasteiger partial charge on any atom is 0.278 e. The lowest BCUT2D eigenvalue weighted by atomic mass is 10.2. The molecule has 0 spiro atoms. The van der Waals surface area contributed by atoms with Crippen LogP contribution in [0.4, 0.5) is 0 Å². The van der Waals surface area contributed by atoms with Gasteiger partial charge in [0.25, 0.3) is 5.91 Å². The molecule has 2 N–H and O–H groups in total. The molecular weight excluding hydrogens is 178 g/mol. The fourth-order valence-corrected chi connectivity index (χ4v) is 0.624. The number of nitrogens with one attached hydrogen (secondary N) is 2. The van der Waals surface area contributed by atoms with E-state index >= 15 is 0 Å². The van der Waals surface area contributed by atoms with E-state index in [0.29, 0.717) is 12.0 Å². The highest BCUT2D eigenvalue weighted by Crippen LogP contribution is 1.98. The second-order valence-corrected chi connectivity index (χ2v) is 2.04. The summed E-state index contributed by atoms with van der Waals surface area (Å²) in [4.78, 5) is 11.2. The number of nitrogens with zero attached hydrogens (tertiary/aromatic N) is 1. The summed E-state index contributed by atoms with van der Waals surface area (Å²) in [7, 11) is 3.33. The van der Waals surface area contributed by atoms with Gasteiger partial charge in [0.1, 0.15) is 0 Å². The van der Waals surface area contributed by atoms with Crippen LogP contribution in [0, 0.1) is 0 Å². The Balaban J connectivity index is 0. The zero-order valence-corrected chi connectivity index (χ0v) is 8.49. The quantitative estimate of drug-likeness (QED) is 0.504. The molecule has 4 nitrogen and oxygen atoms in total. The molecule has 0 bridgehead atoms. The number of hydrazine groups is 2. The Labute approximate surface area is 79.4 Å². The Bertz CT molecular complexity index is 157. The van der Waals surface area contributed by atoms with E-state index in [4.69, 9.17) is 0 Å². The minimum Gasteiger partial charge on any atom is -0.267 e. The SMILES string of the molecule is C=C(CC)C(=O)N(NC)NC.Cl. The third-order valence-electron chi connectivity index (χ3n) is 1.38. The average Bonchev–Trinajstić information content (AvgIpc) is 2.05. The molecule has 0 unspecified atom stereocenters. The van der Waals surface area contributed by atoms with Crippen LogP contribution in [-0.2, 0) is 4.79 Å². The van der Waals surface area contributed by atoms with Crippen molar-refractivity contribution in [1.82, 2.24) is 16.0 Å². The van der Waals surface area contributed by atoms with Gasteiger partial charge in [0.05, 0.1) is 0 Å². The van der Waals surface area contributed by atoms with Gasteiger partial charge in [-0.1, -0.05) is 13.5 Å². The third kappa shape index (κ3) is 3.71. The summed E-state index contributed by atoms with van der Waals surface area (Å²) in [6, 6.07) is 0. The Morgan fingerprint density at radius 2 is 1.83 bits per heavy atom. The van der Waals surface area contributed by atoms with E-state index in [9.17, 15) is 4.79 Å². The van der Waals surface area contributed by atoms with Crippen LogP contribution < -0.4 is 10.9 Å². The summed E-state index contributed by atoms with van der Waals surface area (Å²) in [6.45, 7) is 5.51. The van der Waals surface area contributed by atoms with Crippen molar-refractivity contribution in [2.45, 2.75) is 13.3 Å². The van der Waals surface area contributed by atoms with Gasteiger partial charge in [-0.3, -0.25) is 4.79 Å². The topological polar surface area (TPSA) is 44.4 Å². The first-order chi connectivity index (χ1) is 5.17. The van der Waals surface area contributed by atoms with Crippen LogP contribution in [0.15, 0.2) is 12.2 Å². The number of amides is 1. The van der Waals surface area contributed by atoms with Crippen LogP contribution in [-0.4, -0.2) is 25.1 Å². The van der Waals surface area contributed by atoms with Crippen molar-refractivity contribution >= 4 is 18.3 Å². The Morgan fingerprint density at radius 1 is 1.42 bits per heavy atom. The first-order valence-electron chi connectivity index (χ1n) is 3.54. The van der Waals surface area contributed by atoms with Gasteiger partial charge >= 0.3 is 0 Å². The molecule has 5 heteroatoms. The number of hydrogen-bond acceptors (Lipinski definition) is 3. The number of hydrogen-bond donors (Lipinski definition) is 2. The first-order valence-corrected chi connectivity index (χ1v) is 3.54. The van der Waals surface area contributed by atoms with E-state index in [1.165, 1.54) is 5.12 Å². The van der Waals surface area contributed by atoms with E-state index in [1.54, 1.807) is 14.1 Å². The van der Waals surface area contributed by atoms with Gasteiger partial charge < -0.3 is 0 Å². The zero-order chi connectivity index (χ0) is 8.85. The van der Waals surface area contributed by atoms with Crippen LogP contribution in [0.25, 0.3) is 0 Å². The summed E-state index contributed by atoms with van der Waals surface area (Å²) in [5.41, 5.74) is 5.93. The number of carbonyl (C=O) groups is 1. The minimum atomic E-state index is -0.127. The molecule has 0 aromatic rings. The first kappa shape index (κ1) is 14.0. The summed E-state index contributed by atoms with van der Waals surface area (Å²) in [5.74, 6) is -0.127. The molecule has 0 aliphatic heterocycles. The molecule has 12 heavy (non-hydrogen) atoms. The molecule has 1 amide bonds. The summed E-state index contributed by atoms with van der Waals surface area (Å²) >= 11 is 0. The van der Waals surface area contributed by atoms with Crippen molar-refractivity contribution in [3.8, 4) is 0 Å². The third-order valence-corrected chi connectivity index (χ3v) is 1.38. The highest BCUT2D eigenvalue weighted by molar-refractivity contribution is 5.91. The molecule has 0 rings (SSSR count). The highest BCUT2D eigenvalue weighted by atomic mass is 35.5. The van der Waals surface area contributed by atoms with Crippen molar-refractivity contribution in [3.63, 3.8) is 0 Å². The molecule has 0 fully saturated rings. The molecule has 0 radical (unpaired) electrons. The second-order valence-electron chi connectivity index (χ2n) is 2.04. The van der Waals surface area contributed by atoms with Crippen molar-refractivity contribution in [1.29, 1.82) is 0 Å². The molecule has 72 valence electrons. The standard InChI is InChI=1S/C7H15N3O.ClH/c1-5-6(2)7(11)10(8-3)9-4;/h8-9H,2,5H2,1,3-4H3;1H. The summed E-state index contributed by atoms with van der Waals surface area (Å²) in [6.07, 6.45) is 0.665. The van der Waals surface area contributed by atoms with Crippen molar-refractivity contribution in [3.05, 3.63) is 12.2 Å². The average molecular weight is 194 g/mol. The summed E-state index contributed by atoms with van der Waals surface area (Å²) < 4.78 is 0. The van der Waals surface area contributed by atoms with Crippen LogP contribution in [0.5, 0.6) is 0 Å². The number of carbonyl (C=O) groups excluding carboxylic acids is 1. The molecule has 0 aliphatic rings. The maximum atomic E-state index is 11.2. The van der Waals surface area contributed by atoms with Crippen molar-refractivity contribution in [2.75, 3.05) is 14.1 Å². The van der Waals surface area contributed by atoms with Crippen LogP contribution in [0.2, 0.25) is 0 Å². The smallest absolute Gasteiger partial charge is 0.267 e. The van der Waals surface area contributed by atoms with Gasteiger partial charge in [-0.2, -0.15) is 0 Å².